The van der Waals surface area contributed by atoms with Gasteiger partial charge in [-0.1, -0.05) is 100 Å². The van der Waals surface area contributed by atoms with Crippen LogP contribution in [0.3, 0.4) is 0 Å². The van der Waals surface area contributed by atoms with Crippen molar-refractivity contribution in [2.24, 2.45) is 23.3 Å². The number of nitrogens with two attached hydrogens (primary N) is 2. The fraction of sp³-hybridized carbons (Fsp3) is 0.475. The van der Waals surface area contributed by atoms with Crippen LogP contribution in [0.5, 0.6) is 5.75 Å². The molecule has 0 aromatic heterocycles. The number of carboxylic acid groups (broad SMARTS) is 2. The summed E-state index contributed by atoms with van der Waals surface area (Å²) in [6.07, 6.45) is -1.60. The van der Waals surface area contributed by atoms with Crippen LogP contribution in [-0.4, -0.2) is 182 Å². The second-order valence-corrected chi connectivity index (χ2v) is 21.9. The second-order valence-electron chi connectivity index (χ2n) is 21.9. The van der Waals surface area contributed by atoms with Crippen LogP contribution in [0.4, 0.5) is 0 Å². The predicted molar refractivity (Wildman–Crippen MR) is 314 cm³/mol. The number of benzene rings is 3. The molecule has 4 rings (SSSR count). The highest BCUT2D eigenvalue weighted by Crippen LogP contribution is 2.22. The number of aliphatic hydroxyl groups excluding tert-OH is 1. The number of aromatic hydroxyl groups is 1. The summed E-state index contributed by atoms with van der Waals surface area (Å²) in [7, 11) is 0. The maximum atomic E-state index is 14.3. The van der Waals surface area contributed by atoms with Gasteiger partial charge >= 0.3 is 11.9 Å². The standard InChI is InChI=1S/C59H80N12O17/c1-31(2)48(57(85)62-29-46(75)64-43(30-72)55(83)65-39(22-23-47(76)77)52(80)63-33(5)50(78)68-42(59(87)88)27-35-15-10-7-11-16-35)69-54(82)41(28-45(61)74)66-53(81)40(26-34-13-8-6-9-14-34)67-56(84)44-17-12-24-71(44)58(86)49(32(3)4)70-51(79)38(60)25-36-18-20-37(73)21-19-36/h6-11,13-16,18-21,31-33,38-44,48-49,72-73H,12,17,22-30,60H2,1-5H3,(H2,61,74)(H,62,85)(H,63,80)(H,64,75)(H,65,83)(H,66,81)(H,67,84)(H,68,78)(H,69,82)(H,70,79)(H,76,77)(H,87,88)/t33-,38-,39-,40-,41-,42-,43-,44-,48-,49-/m0/s1. The van der Waals surface area contributed by atoms with E-state index < -0.39 is 182 Å². The monoisotopic (exact) mass is 1230 g/mol. The summed E-state index contributed by atoms with van der Waals surface area (Å²) >= 11 is 0. The lowest BCUT2D eigenvalue weighted by atomic mass is 10.00. The molecule has 29 nitrogen and oxygen atoms in total. The van der Waals surface area contributed by atoms with Crippen LogP contribution in [0.25, 0.3) is 0 Å². The summed E-state index contributed by atoms with van der Waals surface area (Å²) in [6.45, 7) is 5.81. The lowest BCUT2D eigenvalue weighted by Crippen LogP contribution is -2.61. The van der Waals surface area contributed by atoms with E-state index in [1.165, 1.54) is 37.8 Å². The molecule has 88 heavy (non-hydrogen) atoms. The van der Waals surface area contributed by atoms with Gasteiger partial charge < -0.3 is 84.6 Å². The van der Waals surface area contributed by atoms with Crippen molar-refractivity contribution in [3.63, 3.8) is 0 Å². The number of primary amides is 1. The quantitative estimate of drug-likeness (QED) is 0.0281. The van der Waals surface area contributed by atoms with E-state index in [9.17, 15) is 82.8 Å². The summed E-state index contributed by atoms with van der Waals surface area (Å²) in [6, 6.07) is 8.67. The van der Waals surface area contributed by atoms with E-state index in [0.29, 0.717) is 23.1 Å². The van der Waals surface area contributed by atoms with Crippen LogP contribution in [0.15, 0.2) is 84.9 Å². The van der Waals surface area contributed by atoms with Crippen molar-refractivity contribution in [1.82, 2.24) is 52.8 Å². The summed E-state index contributed by atoms with van der Waals surface area (Å²) in [5.74, 6) is -14.2. The fourth-order valence-electron chi connectivity index (χ4n) is 9.28. The van der Waals surface area contributed by atoms with Gasteiger partial charge in [0.15, 0.2) is 0 Å². The van der Waals surface area contributed by atoms with Crippen molar-refractivity contribution < 1.29 is 82.8 Å². The molecule has 10 atom stereocenters. The average molecular weight is 1230 g/mol. The number of rotatable bonds is 34. The zero-order chi connectivity index (χ0) is 65.4. The Kier molecular flexibility index (Phi) is 27.9. The summed E-state index contributed by atoms with van der Waals surface area (Å²) < 4.78 is 0. The summed E-state index contributed by atoms with van der Waals surface area (Å²) in [5.41, 5.74) is 13.6. The second kappa shape index (κ2) is 34.6. The van der Waals surface area contributed by atoms with Gasteiger partial charge in [-0.25, -0.2) is 4.79 Å². The molecule has 3 aromatic carbocycles. The molecule has 1 saturated heterocycles. The minimum atomic E-state index is -1.81. The lowest BCUT2D eigenvalue weighted by Gasteiger charge is -2.32. The predicted octanol–water partition coefficient (Wildman–Crippen LogP) is -3.12. The molecule has 0 radical (unpaired) electrons. The van der Waals surface area contributed by atoms with Gasteiger partial charge in [0.25, 0.3) is 0 Å². The topological polar surface area (TPSA) is 466 Å². The number of aliphatic carboxylic acids is 2. The van der Waals surface area contributed by atoms with E-state index in [-0.39, 0.29) is 38.0 Å². The van der Waals surface area contributed by atoms with Gasteiger partial charge in [-0.15, -0.1) is 0 Å². The van der Waals surface area contributed by atoms with Gasteiger partial charge in [-0.2, -0.15) is 0 Å². The third kappa shape index (κ3) is 22.7. The number of likely N-dealkylation sites (tertiary alicyclic amines) is 1. The Balaban J connectivity index is 1.40. The number of aliphatic hydroxyl groups is 1. The maximum absolute atomic E-state index is 14.3. The normalized spacial score (nSPS) is 15.9. The molecule has 1 heterocycles. The molecule has 1 aliphatic rings. The average Bonchev–Trinajstić information content (AvgIpc) is 4.20. The molecule has 0 spiro atoms. The van der Waals surface area contributed by atoms with Crippen LogP contribution in [0.1, 0.15) is 83.4 Å². The third-order valence-corrected chi connectivity index (χ3v) is 14.2. The van der Waals surface area contributed by atoms with E-state index in [2.05, 4.69) is 47.9 Å². The largest absolute Gasteiger partial charge is 0.508 e. The molecule has 0 saturated carbocycles. The van der Waals surface area contributed by atoms with Crippen molar-refractivity contribution in [3.05, 3.63) is 102 Å². The van der Waals surface area contributed by atoms with E-state index in [1.54, 1.807) is 86.6 Å². The first kappa shape index (κ1) is 71.0. The number of carbonyl (C=O) groups excluding carboxylic acids is 11. The molecule has 0 bridgehead atoms. The third-order valence-electron chi connectivity index (χ3n) is 14.2. The van der Waals surface area contributed by atoms with Gasteiger partial charge in [-0.3, -0.25) is 57.5 Å². The van der Waals surface area contributed by atoms with Gasteiger partial charge in [0.1, 0.15) is 60.1 Å². The Bertz CT molecular complexity index is 2950. The number of phenols is 1. The Morgan fingerprint density at radius 1 is 0.557 bits per heavy atom. The Morgan fingerprint density at radius 2 is 1.07 bits per heavy atom. The number of carboxylic acids is 2. The number of carbonyl (C=O) groups is 13. The van der Waals surface area contributed by atoms with Crippen molar-refractivity contribution in [3.8, 4) is 5.75 Å². The first-order chi connectivity index (χ1) is 41.6. The van der Waals surface area contributed by atoms with Crippen LogP contribution in [0, 0.1) is 11.8 Å². The zero-order valence-corrected chi connectivity index (χ0v) is 49.5. The number of nitrogens with one attached hydrogen (secondary N) is 9. The molecule has 0 unspecified atom stereocenters. The van der Waals surface area contributed by atoms with E-state index >= 15 is 0 Å². The molecule has 29 heteroatoms. The van der Waals surface area contributed by atoms with Crippen LogP contribution >= 0.6 is 0 Å². The lowest BCUT2D eigenvalue weighted by molar-refractivity contribution is -0.143. The Morgan fingerprint density at radius 3 is 1.61 bits per heavy atom. The highest BCUT2D eigenvalue weighted by molar-refractivity contribution is 5.99. The minimum Gasteiger partial charge on any atom is -0.508 e. The minimum absolute atomic E-state index is 0.0302. The molecule has 1 fully saturated rings. The van der Waals surface area contributed by atoms with E-state index in [1.807, 2.05) is 0 Å². The molecular weight excluding hydrogens is 1150 g/mol. The van der Waals surface area contributed by atoms with Crippen molar-refractivity contribution in [1.29, 1.82) is 0 Å². The Hall–Kier alpha value is -9.51. The summed E-state index contributed by atoms with van der Waals surface area (Å²) in [5, 5.41) is 60.4. The van der Waals surface area contributed by atoms with Crippen molar-refractivity contribution in [2.45, 2.75) is 146 Å². The van der Waals surface area contributed by atoms with E-state index in [0.717, 1.165) is 0 Å². The summed E-state index contributed by atoms with van der Waals surface area (Å²) in [4.78, 5) is 174. The number of hydrogen-bond acceptors (Lipinski definition) is 16. The fourth-order valence-corrected chi connectivity index (χ4v) is 9.28. The number of hydrogen-bond donors (Lipinski definition) is 15. The first-order valence-electron chi connectivity index (χ1n) is 28.5. The highest BCUT2D eigenvalue weighted by atomic mass is 16.4. The first-order valence-corrected chi connectivity index (χ1v) is 28.5. The molecule has 0 aliphatic carbocycles. The molecular formula is C59H80N12O17. The van der Waals surface area contributed by atoms with Crippen LogP contribution in [0.2, 0.25) is 0 Å². The Labute approximate surface area is 507 Å². The number of amides is 11. The van der Waals surface area contributed by atoms with Crippen molar-refractivity contribution >= 4 is 76.9 Å². The smallest absolute Gasteiger partial charge is 0.326 e. The van der Waals surface area contributed by atoms with Gasteiger partial charge in [-0.05, 0) is 73.3 Å². The van der Waals surface area contributed by atoms with E-state index in [4.69, 9.17) is 11.5 Å². The molecule has 11 amide bonds. The van der Waals surface area contributed by atoms with Crippen LogP contribution in [-0.2, 0) is 81.6 Å². The van der Waals surface area contributed by atoms with Crippen LogP contribution < -0.4 is 59.3 Å². The SMILES string of the molecule is CC(C)[C@H](NC(=O)[C@H](CC(N)=O)NC(=O)[C@H](Cc1ccccc1)NC(=O)[C@@H]1CCCN1C(=O)[C@@H](NC(=O)[C@@H](N)Cc1ccc(O)cc1)C(C)C)C(=O)NCC(=O)N[C@@H](CO)C(=O)N[C@@H](CCC(=O)O)C(=O)N[C@@H](C)C(=O)N[C@@H](Cc1ccccc1)C(=O)O. The molecule has 1 aliphatic heterocycles. The van der Waals surface area contributed by atoms with Gasteiger partial charge in [0.2, 0.25) is 65.0 Å². The molecule has 478 valence electrons. The molecule has 3 aromatic rings. The zero-order valence-electron chi connectivity index (χ0n) is 49.5. The van der Waals surface area contributed by atoms with Crippen molar-refractivity contribution in [2.75, 3.05) is 19.7 Å². The number of nitrogens with zero attached hydrogens (tertiary/aromatic N) is 1. The maximum Gasteiger partial charge on any atom is 0.326 e. The molecule has 17 N–H and O–H groups in total. The van der Waals surface area contributed by atoms with Gasteiger partial charge in [0.05, 0.1) is 25.6 Å². The van der Waals surface area contributed by atoms with Gasteiger partial charge in [0, 0.05) is 25.8 Å². The number of phenolic OH excluding ortho intramolecular Hbond substituents is 1. The highest BCUT2D eigenvalue weighted by Gasteiger charge is 2.41.